The lowest BCUT2D eigenvalue weighted by molar-refractivity contribution is -0.660. The average Bonchev–Trinajstić information content (AvgIpc) is 3.61. The van der Waals surface area contributed by atoms with Crippen molar-refractivity contribution >= 4 is 21.9 Å². The van der Waals surface area contributed by atoms with Gasteiger partial charge in [0.05, 0.1) is 24.0 Å². The van der Waals surface area contributed by atoms with Gasteiger partial charge in [-0.05, 0) is 73.9 Å². The van der Waals surface area contributed by atoms with Crippen LogP contribution in [0.25, 0.3) is 44.3 Å². The van der Waals surface area contributed by atoms with Crippen molar-refractivity contribution in [3.63, 3.8) is 0 Å². The molecule has 0 unspecified atom stereocenters. The Balaban J connectivity index is 1.74. The quantitative estimate of drug-likeness (QED) is 0.246. The van der Waals surface area contributed by atoms with Crippen LogP contribution in [-0.2, 0) is 7.05 Å². The summed E-state index contributed by atoms with van der Waals surface area (Å²) >= 11 is 0. The summed E-state index contributed by atoms with van der Waals surface area (Å²) in [5, 5.41) is 11.5. The summed E-state index contributed by atoms with van der Waals surface area (Å²) in [7, 11) is 2.04. The third-order valence-electron chi connectivity index (χ3n) is 7.74. The van der Waals surface area contributed by atoms with Gasteiger partial charge in [0, 0.05) is 28.0 Å². The van der Waals surface area contributed by atoms with E-state index in [2.05, 4.69) is 42.8 Å². The molecule has 5 aromatic rings. The monoisotopic (exact) mass is 476 g/mol. The highest BCUT2D eigenvalue weighted by atomic mass is 16.3. The molecule has 0 aliphatic heterocycles. The smallest absolute Gasteiger partial charge is 0.216 e. The zero-order chi connectivity index (χ0) is 29.3. The van der Waals surface area contributed by atoms with Crippen molar-refractivity contribution in [2.75, 3.05) is 0 Å². The van der Waals surface area contributed by atoms with E-state index in [0.29, 0.717) is 33.6 Å². The number of fused-ring (bicyclic) bond motifs is 3. The van der Waals surface area contributed by atoms with Crippen LogP contribution in [0.15, 0.2) is 65.1 Å². The molecule has 3 heteroatoms. The Kier molecular flexibility index (Phi) is 4.21. The molecule has 0 saturated heterocycles. The molecule has 1 aliphatic rings. The molecule has 2 aromatic heterocycles. The SMILES string of the molecule is [2H]c1c([2H])c([2H])c(-c2ccc(C#N)c3c2oc2c(-c4cc(C5CCCC5)c(C)c[n+]4C)c(C)cc(C)c23)c([2H])c1[2H]. The molecule has 1 aliphatic carbocycles. The van der Waals surface area contributed by atoms with E-state index in [4.69, 9.17) is 11.3 Å². The molecular formula is C33H31N2O+. The second-order valence-electron chi connectivity index (χ2n) is 10.1. The van der Waals surface area contributed by atoms with Gasteiger partial charge >= 0.3 is 0 Å². The predicted molar refractivity (Wildman–Crippen MR) is 146 cm³/mol. The topological polar surface area (TPSA) is 40.8 Å². The van der Waals surface area contributed by atoms with Gasteiger partial charge in [0.2, 0.25) is 5.69 Å². The van der Waals surface area contributed by atoms with Crippen LogP contribution in [0.3, 0.4) is 0 Å². The van der Waals surface area contributed by atoms with E-state index in [1.165, 1.54) is 36.8 Å². The lowest BCUT2D eigenvalue weighted by Gasteiger charge is -2.15. The van der Waals surface area contributed by atoms with Crippen LogP contribution in [0, 0.1) is 32.1 Å². The van der Waals surface area contributed by atoms with Crippen LogP contribution in [0.5, 0.6) is 0 Å². The number of furan rings is 1. The molecule has 0 radical (unpaired) electrons. The second kappa shape index (κ2) is 8.64. The van der Waals surface area contributed by atoms with E-state index in [1.807, 2.05) is 14.0 Å². The van der Waals surface area contributed by atoms with Crippen molar-refractivity contribution in [2.24, 2.45) is 7.05 Å². The fourth-order valence-corrected chi connectivity index (χ4v) is 6.12. The number of nitrogens with zero attached hydrogens (tertiary/aromatic N) is 2. The minimum Gasteiger partial charge on any atom is -0.454 e. The maximum atomic E-state index is 10.1. The number of hydrogen-bond donors (Lipinski definition) is 0. The molecule has 6 rings (SSSR count). The van der Waals surface area contributed by atoms with Crippen molar-refractivity contribution in [1.82, 2.24) is 0 Å². The Morgan fingerprint density at radius 2 is 1.69 bits per heavy atom. The van der Waals surface area contributed by atoms with E-state index >= 15 is 0 Å². The molecule has 3 nitrogen and oxygen atoms in total. The third-order valence-corrected chi connectivity index (χ3v) is 7.74. The van der Waals surface area contributed by atoms with E-state index in [9.17, 15) is 5.26 Å². The van der Waals surface area contributed by atoms with E-state index in [0.717, 1.165) is 27.8 Å². The average molecular weight is 477 g/mol. The van der Waals surface area contributed by atoms with Crippen LogP contribution in [0.4, 0.5) is 0 Å². The molecule has 36 heavy (non-hydrogen) atoms. The standard InChI is InChI=1S/C33H31N2O/c1-20-16-21(2)30-31-25(18-34)14-15-26(23-10-6-5-7-11-23)32(31)36-33(30)29(20)28-17-27(22(3)19-35(28)4)24-12-8-9-13-24/h5-7,10-11,14-17,19,24H,8-9,12-13H2,1-4H3/q+1/i5D,6D,7D,10D,11D. The minimum atomic E-state index is -0.447. The Bertz CT molecular complexity index is 1930. The summed E-state index contributed by atoms with van der Waals surface area (Å²) in [6, 6.07) is 8.10. The first kappa shape index (κ1) is 17.5. The largest absolute Gasteiger partial charge is 0.454 e. The first-order valence-electron chi connectivity index (χ1n) is 15.0. The fourth-order valence-electron chi connectivity index (χ4n) is 6.12. The number of hydrogen-bond acceptors (Lipinski definition) is 2. The molecule has 0 amide bonds. The summed E-state index contributed by atoms with van der Waals surface area (Å²) in [5.41, 5.74) is 8.37. The molecule has 1 fully saturated rings. The maximum absolute atomic E-state index is 10.1. The molecule has 178 valence electrons. The highest BCUT2D eigenvalue weighted by Gasteiger charge is 2.28. The molecule has 2 heterocycles. The van der Waals surface area contributed by atoms with Crippen LogP contribution >= 0.6 is 0 Å². The summed E-state index contributed by atoms with van der Waals surface area (Å²) in [6.45, 7) is 6.22. The van der Waals surface area contributed by atoms with E-state index < -0.39 is 18.1 Å². The van der Waals surface area contributed by atoms with Gasteiger partial charge < -0.3 is 4.42 Å². The highest BCUT2D eigenvalue weighted by Crippen LogP contribution is 2.44. The van der Waals surface area contributed by atoms with Crippen LogP contribution in [0.2, 0.25) is 0 Å². The molecular weight excluding hydrogens is 440 g/mol. The van der Waals surface area contributed by atoms with Crippen LogP contribution < -0.4 is 4.57 Å². The van der Waals surface area contributed by atoms with Gasteiger partial charge in [-0.2, -0.15) is 5.26 Å². The number of aryl methyl sites for hydroxylation is 4. The van der Waals surface area contributed by atoms with Crippen molar-refractivity contribution < 1.29 is 15.8 Å². The third kappa shape index (κ3) is 3.44. The van der Waals surface area contributed by atoms with Gasteiger partial charge in [-0.3, -0.25) is 0 Å². The summed E-state index contributed by atoms with van der Waals surface area (Å²) in [5.74, 6) is 0.535. The maximum Gasteiger partial charge on any atom is 0.216 e. The van der Waals surface area contributed by atoms with Crippen LogP contribution in [0.1, 0.15) is 66.3 Å². The fraction of sp³-hybridized carbons (Fsp3) is 0.273. The Morgan fingerprint density at radius 1 is 0.944 bits per heavy atom. The van der Waals surface area contributed by atoms with E-state index in [1.54, 1.807) is 12.1 Å². The zero-order valence-corrected chi connectivity index (χ0v) is 21.1. The second-order valence-corrected chi connectivity index (χ2v) is 10.1. The Hall–Kier alpha value is -3.90. The predicted octanol–water partition coefficient (Wildman–Crippen LogP) is 8.20. The summed E-state index contributed by atoms with van der Waals surface area (Å²) in [4.78, 5) is 0. The van der Waals surface area contributed by atoms with Gasteiger partial charge in [0.15, 0.2) is 6.20 Å². The van der Waals surface area contributed by atoms with E-state index in [-0.39, 0.29) is 17.6 Å². The molecule has 0 atom stereocenters. The van der Waals surface area contributed by atoms with Crippen molar-refractivity contribution in [1.29, 1.82) is 5.26 Å². The molecule has 0 N–H and O–H groups in total. The van der Waals surface area contributed by atoms with Gasteiger partial charge in [-0.25, -0.2) is 4.57 Å². The number of nitriles is 1. The molecule has 1 saturated carbocycles. The number of pyridine rings is 1. The lowest BCUT2D eigenvalue weighted by Crippen LogP contribution is -2.32. The highest BCUT2D eigenvalue weighted by molar-refractivity contribution is 6.16. The number of benzene rings is 3. The first-order valence-corrected chi connectivity index (χ1v) is 12.5. The Labute approximate surface area is 219 Å². The minimum absolute atomic E-state index is 0.0601. The van der Waals surface area contributed by atoms with Gasteiger partial charge in [-0.15, -0.1) is 0 Å². The lowest BCUT2D eigenvalue weighted by atomic mass is 9.90. The van der Waals surface area contributed by atoms with Crippen molar-refractivity contribution in [3.8, 4) is 28.5 Å². The normalized spacial score (nSPS) is 16.0. The van der Waals surface area contributed by atoms with Gasteiger partial charge in [0.25, 0.3) is 0 Å². The van der Waals surface area contributed by atoms with Gasteiger partial charge in [0.1, 0.15) is 18.2 Å². The summed E-state index contributed by atoms with van der Waals surface area (Å²) < 4.78 is 50.5. The van der Waals surface area contributed by atoms with Crippen LogP contribution in [-0.4, -0.2) is 0 Å². The van der Waals surface area contributed by atoms with Crippen molar-refractivity contribution in [3.05, 3.63) is 88.5 Å². The molecule has 0 spiro atoms. The van der Waals surface area contributed by atoms with Gasteiger partial charge in [-0.1, -0.05) is 49.1 Å². The Morgan fingerprint density at radius 3 is 2.42 bits per heavy atom. The molecule has 3 aromatic carbocycles. The zero-order valence-electron chi connectivity index (χ0n) is 26.1. The summed E-state index contributed by atoms with van der Waals surface area (Å²) in [6.07, 6.45) is 7.04. The molecule has 0 bridgehead atoms. The first-order chi connectivity index (χ1) is 19.5. The van der Waals surface area contributed by atoms with Crippen molar-refractivity contribution in [2.45, 2.75) is 52.4 Å². The number of rotatable bonds is 3. The number of aromatic nitrogens is 1.